The van der Waals surface area contributed by atoms with Gasteiger partial charge in [-0.15, -0.1) is 0 Å². The van der Waals surface area contributed by atoms with E-state index in [9.17, 15) is 9.18 Å². The van der Waals surface area contributed by atoms with E-state index in [1.165, 1.54) is 13.2 Å². The molecule has 0 aromatic heterocycles. The number of carbonyl (C=O) groups excluding carboxylic acids is 1. The minimum atomic E-state index is -0.427. The predicted octanol–water partition coefficient (Wildman–Crippen LogP) is 0.723. The van der Waals surface area contributed by atoms with Crippen molar-refractivity contribution in [1.82, 2.24) is 5.32 Å². The van der Waals surface area contributed by atoms with E-state index in [1.807, 2.05) is 0 Å². The molecular weight excluding hydrogens is 211 g/mol. The maximum absolute atomic E-state index is 13.2. The third kappa shape index (κ3) is 1.86. The third-order valence-corrected chi connectivity index (χ3v) is 2.70. The summed E-state index contributed by atoms with van der Waals surface area (Å²) in [7, 11) is 1.40. The molecule has 0 saturated carbocycles. The van der Waals surface area contributed by atoms with E-state index < -0.39 is 5.82 Å². The summed E-state index contributed by atoms with van der Waals surface area (Å²) in [6.07, 6.45) is 0.296. The summed E-state index contributed by atoms with van der Waals surface area (Å²) in [5.74, 6) is -0.351. The van der Waals surface area contributed by atoms with Crippen LogP contribution >= 0.6 is 0 Å². The number of halogens is 1. The summed E-state index contributed by atoms with van der Waals surface area (Å²) < 4.78 is 18.1. The zero-order valence-corrected chi connectivity index (χ0v) is 8.87. The van der Waals surface area contributed by atoms with E-state index in [-0.39, 0.29) is 23.7 Å². The number of ether oxygens (including phenoxy) is 1. The average molecular weight is 224 g/mol. The molecule has 2 rings (SSSR count). The van der Waals surface area contributed by atoms with Gasteiger partial charge in [0.05, 0.1) is 13.2 Å². The van der Waals surface area contributed by atoms with Crippen LogP contribution in [-0.2, 0) is 4.79 Å². The van der Waals surface area contributed by atoms with Gasteiger partial charge in [0.15, 0.2) is 11.6 Å². The Balaban J connectivity index is 2.30. The number of nitrogens with two attached hydrogens (primary N) is 1. The zero-order valence-electron chi connectivity index (χ0n) is 8.87. The maximum Gasteiger partial charge on any atom is 0.222 e. The van der Waals surface area contributed by atoms with Gasteiger partial charge in [-0.25, -0.2) is 4.39 Å². The molecule has 1 heterocycles. The molecule has 1 unspecified atom stereocenters. The Kier molecular flexibility index (Phi) is 2.78. The summed E-state index contributed by atoms with van der Waals surface area (Å²) >= 11 is 0. The standard InChI is InChI=1S/C11H13FN2O2/c1-16-9-4-6(2-3-7(9)12)11-8(13)5-10(15)14-11/h2-4,8,11H,5,13H2,1H3,(H,14,15)/t8?,11-/m1/s1. The quantitative estimate of drug-likeness (QED) is 0.778. The Labute approximate surface area is 92.6 Å². The van der Waals surface area contributed by atoms with Gasteiger partial charge in [0.1, 0.15) is 0 Å². The summed E-state index contributed by atoms with van der Waals surface area (Å²) in [4.78, 5) is 11.2. The van der Waals surface area contributed by atoms with Crippen LogP contribution in [0, 0.1) is 5.82 Å². The Morgan fingerprint density at radius 3 is 2.88 bits per heavy atom. The highest BCUT2D eigenvalue weighted by molar-refractivity contribution is 5.80. The van der Waals surface area contributed by atoms with E-state index >= 15 is 0 Å². The number of hydrogen-bond acceptors (Lipinski definition) is 3. The van der Waals surface area contributed by atoms with Crippen LogP contribution < -0.4 is 15.8 Å². The molecule has 16 heavy (non-hydrogen) atoms. The molecule has 2 atom stereocenters. The topological polar surface area (TPSA) is 64.3 Å². The number of rotatable bonds is 2. The molecule has 0 aliphatic carbocycles. The number of nitrogens with one attached hydrogen (secondary N) is 1. The Morgan fingerprint density at radius 1 is 1.56 bits per heavy atom. The average Bonchev–Trinajstić information content (AvgIpc) is 2.59. The normalized spacial score (nSPS) is 24.3. The van der Waals surface area contributed by atoms with Crippen LogP contribution in [0.3, 0.4) is 0 Å². The second-order valence-corrected chi connectivity index (χ2v) is 3.81. The molecule has 0 radical (unpaired) electrons. The van der Waals surface area contributed by atoms with Gasteiger partial charge in [-0.1, -0.05) is 6.07 Å². The third-order valence-electron chi connectivity index (χ3n) is 2.70. The highest BCUT2D eigenvalue weighted by Gasteiger charge is 2.30. The van der Waals surface area contributed by atoms with Gasteiger partial charge in [0.25, 0.3) is 0 Å². The SMILES string of the molecule is COc1cc([C@H]2NC(=O)CC2N)ccc1F. The second-order valence-electron chi connectivity index (χ2n) is 3.81. The highest BCUT2D eigenvalue weighted by atomic mass is 19.1. The van der Waals surface area contributed by atoms with Crippen molar-refractivity contribution >= 4 is 5.91 Å². The van der Waals surface area contributed by atoms with Crippen molar-refractivity contribution < 1.29 is 13.9 Å². The fourth-order valence-corrected chi connectivity index (χ4v) is 1.87. The molecular formula is C11H13FN2O2. The minimum Gasteiger partial charge on any atom is -0.494 e. The molecule has 1 aromatic carbocycles. The lowest BCUT2D eigenvalue weighted by atomic mass is 10.0. The molecule has 1 aliphatic heterocycles. The van der Waals surface area contributed by atoms with E-state index in [2.05, 4.69) is 5.32 Å². The molecule has 4 nitrogen and oxygen atoms in total. The minimum absolute atomic E-state index is 0.0826. The van der Waals surface area contributed by atoms with Crippen molar-refractivity contribution in [2.75, 3.05) is 7.11 Å². The van der Waals surface area contributed by atoms with Gasteiger partial charge in [-0.2, -0.15) is 0 Å². The lowest BCUT2D eigenvalue weighted by molar-refractivity contribution is -0.119. The van der Waals surface area contributed by atoms with Crippen molar-refractivity contribution in [3.8, 4) is 5.75 Å². The van der Waals surface area contributed by atoms with Crippen molar-refractivity contribution in [3.05, 3.63) is 29.6 Å². The van der Waals surface area contributed by atoms with Gasteiger partial charge < -0.3 is 15.8 Å². The van der Waals surface area contributed by atoms with Gasteiger partial charge >= 0.3 is 0 Å². The van der Waals surface area contributed by atoms with Gasteiger partial charge in [0.2, 0.25) is 5.91 Å². The van der Waals surface area contributed by atoms with Crippen LogP contribution in [0.2, 0.25) is 0 Å². The first kappa shape index (κ1) is 10.9. The second kappa shape index (κ2) is 4.09. The number of benzene rings is 1. The fourth-order valence-electron chi connectivity index (χ4n) is 1.87. The predicted molar refractivity (Wildman–Crippen MR) is 56.4 cm³/mol. The Hall–Kier alpha value is -1.62. The Bertz CT molecular complexity index is 422. The van der Waals surface area contributed by atoms with E-state index in [4.69, 9.17) is 10.5 Å². The molecule has 1 aliphatic rings. The molecule has 3 N–H and O–H groups in total. The van der Waals surface area contributed by atoms with Crippen LogP contribution in [0.4, 0.5) is 4.39 Å². The van der Waals surface area contributed by atoms with Crippen LogP contribution in [0.15, 0.2) is 18.2 Å². The summed E-state index contributed by atoms with van der Waals surface area (Å²) in [6.45, 7) is 0. The zero-order chi connectivity index (χ0) is 11.7. The molecule has 1 aromatic rings. The number of hydrogen-bond donors (Lipinski definition) is 2. The fraction of sp³-hybridized carbons (Fsp3) is 0.364. The molecule has 1 fully saturated rings. The first-order valence-electron chi connectivity index (χ1n) is 5.00. The number of carbonyl (C=O) groups is 1. The summed E-state index contributed by atoms with van der Waals surface area (Å²) in [5.41, 5.74) is 6.57. The molecule has 5 heteroatoms. The molecule has 86 valence electrons. The first-order chi connectivity index (χ1) is 7.61. The first-order valence-corrected chi connectivity index (χ1v) is 5.00. The van der Waals surface area contributed by atoms with Crippen LogP contribution in [-0.4, -0.2) is 19.1 Å². The van der Waals surface area contributed by atoms with E-state index in [0.717, 1.165) is 5.56 Å². The summed E-state index contributed by atoms with van der Waals surface area (Å²) in [6, 6.07) is 3.94. The van der Waals surface area contributed by atoms with Crippen LogP contribution in [0.5, 0.6) is 5.75 Å². The van der Waals surface area contributed by atoms with Crippen LogP contribution in [0.1, 0.15) is 18.0 Å². The molecule has 0 spiro atoms. The molecule has 1 saturated heterocycles. The van der Waals surface area contributed by atoms with Crippen molar-refractivity contribution in [3.63, 3.8) is 0 Å². The number of methoxy groups -OCH3 is 1. The highest BCUT2D eigenvalue weighted by Crippen LogP contribution is 2.27. The number of amides is 1. The van der Waals surface area contributed by atoms with E-state index in [0.29, 0.717) is 6.42 Å². The van der Waals surface area contributed by atoms with Crippen molar-refractivity contribution in [1.29, 1.82) is 0 Å². The van der Waals surface area contributed by atoms with Gasteiger partial charge in [-0.3, -0.25) is 4.79 Å². The maximum atomic E-state index is 13.2. The van der Waals surface area contributed by atoms with Crippen molar-refractivity contribution in [2.24, 2.45) is 5.73 Å². The van der Waals surface area contributed by atoms with Gasteiger partial charge in [0, 0.05) is 12.5 Å². The largest absolute Gasteiger partial charge is 0.494 e. The van der Waals surface area contributed by atoms with E-state index in [1.54, 1.807) is 12.1 Å². The Morgan fingerprint density at radius 2 is 2.31 bits per heavy atom. The smallest absolute Gasteiger partial charge is 0.222 e. The lowest BCUT2D eigenvalue weighted by Gasteiger charge is -2.16. The monoisotopic (exact) mass is 224 g/mol. The van der Waals surface area contributed by atoms with Gasteiger partial charge in [-0.05, 0) is 17.7 Å². The summed E-state index contributed by atoms with van der Waals surface area (Å²) in [5, 5.41) is 2.75. The van der Waals surface area contributed by atoms with Crippen molar-refractivity contribution in [2.45, 2.75) is 18.5 Å². The lowest BCUT2D eigenvalue weighted by Crippen LogP contribution is -2.28. The molecule has 0 bridgehead atoms. The molecule has 1 amide bonds. The van der Waals surface area contributed by atoms with Crippen LogP contribution in [0.25, 0.3) is 0 Å².